The van der Waals surface area contributed by atoms with Crippen LogP contribution in [0.25, 0.3) is 0 Å². The Morgan fingerprint density at radius 3 is 2.58 bits per heavy atom. The van der Waals surface area contributed by atoms with E-state index in [4.69, 9.17) is 15.5 Å². The van der Waals surface area contributed by atoms with Crippen LogP contribution in [0.15, 0.2) is 6.07 Å². The minimum atomic E-state index is -0.433. The number of ether oxygens (including phenoxy) is 1. The second-order valence-electron chi connectivity index (χ2n) is 5.54. The number of hydrogen-bond acceptors (Lipinski definition) is 4. The Morgan fingerprint density at radius 2 is 2.00 bits per heavy atom. The van der Waals surface area contributed by atoms with E-state index in [-0.39, 0.29) is 0 Å². The fraction of sp³-hybridized carbons (Fsp3) is 0.733. The molecule has 1 saturated carbocycles. The first-order valence-electron chi connectivity index (χ1n) is 7.38. The third-order valence-electron chi connectivity index (χ3n) is 4.15. The number of hydrogen-bond donors (Lipinski definition) is 1. The van der Waals surface area contributed by atoms with Crippen molar-refractivity contribution in [3.05, 3.63) is 17.6 Å². The molecule has 1 fully saturated rings. The molecule has 0 aromatic carbocycles. The van der Waals surface area contributed by atoms with E-state index in [2.05, 4.69) is 11.9 Å². The Labute approximate surface area is 115 Å². The standard InChI is InChI=1S/C15H25N3O/c1-4-15(3,19-5-2)14-17-12(10-13(16)18-14)11-8-6-7-9-11/h10-11H,4-9H2,1-3H3,(H2,16,17,18). The monoisotopic (exact) mass is 263 g/mol. The molecule has 106 valence electrons. The summed E-state index contributed by atoms with van der Waals surface area (Å²) in [5, 5.41) is 0. The first-order chi connectivity index (χ1) is 9.09. The van der Waals surface area contributed by atoms with E-state index >= 15 is 0 Å². The van der Waals surface area contributed by atoms with Crippen molar-refractivity contribution in [2.75, 3.05) is 12.3 Å². The summed E-state index contributed by atoms with van der Waals surface area (Å²) in [4.78, 5) is 9.17. The SMILES string of the molecule is CCOC(C)(CC)c1nc(N)cc(C2CCCC2)n1. The fourth-order valence-corrected chi connectivity index (χ4v) is 2.80. The summed E-state index contributed by atoms with van der Waals surface area (Å²) in [6, 6.07) is 1.93. The summed E-state index contributed by atoms with van der Waals surface area (Å²) in [6.45, 7) is 6.79. The largest absolute Gasteiger partial charge is 0.384 e. The van der Waals surface area contributed by atoms with Gasteiger partial charge in [0.2, 0.25) is 0 Å². The van der Waals surface area contributed by atoms with E-state index < -0.39 is 5.60 Å². The molecule has 1 heterocycles. The summed E-state index contributed by atoms with van der Waals surface area (Å²) < 4.78 is 5.86. The lowest BCUT2D eigenvalue weighted by atomic mass is 9.99. The number of rotatable bonds is 5. The third-order valence-corrected chi connectivity index (χ3v) is 4.15. The molecule has 4 nitrogen and oxygen atoms in total. The lowest BCUT2D eigenvalue weighted by Gasteiger charge is -2.27. The van der Waals surface area contributed by atoms with Gasteiger partial charge in [-0.2, -0.15) is 0 Å². The molecule has 0 amide bonds. The summed E-state index contributed by atoms with van der Waals surface area (Å²) in [6.07, 6.45) is 5.86. The number of nitrogens with zero attached hydrogens (tertiary/aromatic N) is 2. The van der Waals surface area contributed by atoms with Gasteiger partial charge in [-0.15, -0.1) is 0 Å². The first kappa shape index (κ1) is 14.3. The summed E-state index contributed by atoms with van der Waals surface area (Å²) >= 11 is 0. The highest BCUT2D eigenvalue weighted by Gasteiger charge is 2.30. The van der Waals surface area contributed by atoms with Gasteiger partial charge in [-0.1, -0.05) is 19.8 Å². The Morgan fingerprint density at radius 1 is 1.32 bits per heavy atom. The van der Waals surface area contributed by atoms with Crippen molar-refractivity contribution >= 4 is 5.82 Å². The van der Waals surface area contributed by atoms with E-state index in [1.54, 1.807) is 0 Å². The molecular formula is C15H25N3O. The van der Waals surface area contributed by atoms with Crippen molar-refractivity contribution in [3.8, 4) is 0 Å². The predicted molar refractivity (Wildman–Crippen MR) is 76.9 cm³/mol. The van der Waals surface area contributed by atoms with Gasteiger partial charge in [-0.25, -0.2) is 9.97 Å². The van der Waals surface area contributed by atoms with Crippen LogP contribution >= 0.6 is 0 Å². The molecule has 1 unspecified atom stereocenters. The van der Waals surface area contributed by atoms with Crippen molar-refractivity contribution in [1.82, 2.24) is 9.97 Å². The van der Waals surface area contributed by atoms with Crippen LogP contribution in [0, 0.1) is 0 Å². The maximum absolute atomic E-state index is 5.97. The second-order valence-corrected chi connectivity index (χ2v) is 5.54. The zero-order valence-electron chi connectivity index (χ0n) is 12.3. The summed E-state index contributed by atoms with van der Waals surface area (Å²) in [7, 11) is 0. The van der Waals surface area contributed by atoms with E-state index in [0.29, 0.717) is 18.3 Å². The van der Waals surface area contributed by atoms with Crippen LogP contribution in [0.2, 0.25) is 0 Å². The van der Waals surface area contributed by atoms with E-state index in [9.17, 15) is 0 Å². The predicted octanol–water partition coefficient (Wildman–Crippen LogP) is 3.38. The average molecular weight is 263 g/mol. The number of nitrogens with two attached hydrogens (primary N) is 1. The molecule has 0 radical (unpaired) electrons. The molecule has 0 bridgehead atoms. The Kier molecular flexibility index (Phi) is 4.40. The molecule has 4 heteroatoms. The Balaban J connectivity index is 2.34. The van der Waals surface area contributed by atoms with Crippen LogP contribution in [0.4, 0.5) is 5.82 Å². The molecule has 1 aromatic heterocycles. The lowest BCUT2D eigenvalue weighted by Crippen LogP contribution is -2.29. The minimum Gasteiger partial charge on any atom is -0.384 e. The van der Waals surface area contributed by atoms with Gasteiger partial charge >= 0.3 is 0 Å². The molecule has 2 N–H and O–H groups in total. The van der Waals surface area contributed by atoms with Gasteiger partial charge in [0.25, 0.3) is 0 Å². The van der Waals surface area contributed by atoms with Gasteiger partial charge in [0.1, 0.15) is 11.4 Å². The normalized spacial score (nSPS) is 19.5. The van der Waals surface area contributed by atoms with Crippen molar-refractivity contribution in [2.45, 2.75) is 64.4 Å². The maximum atomic E-state index is 5.97. The number of nitrogen functional groups attached to an aromatic ring is 1. The molecule has 19 heavy (non-hydrogen) atoms. The van der Waals surface area contributed by atoms with Gasteiger partial charge in [-0.05, 0) is 33.1 Å². The van der Waals surface area contributed by atoms with Gasteiger partial charge in [0, 0.05) is 24.3 Å². The van der Waals surface area contributed by atoms with E-state index in [1.165, 1.54) is 25.7 Å². The molecular weight excluding hydrogens is 238 g/mol. The van der Waals surface area contributed by atoms with Gasteiger partial charge in [0.15, 0.2) is 5.82 Å². The Hall–Kier alpha value is -1.16. The van der Waals surface area contributed by atoms with Gasteiger partial charge in [0.05, 0.1) is 0 Å². The van der Waals surface area contributed by atoms with Crippen LogP contribution < -0.4 is 5.73 Å². The molecule has 0 aliphatic heterocycles. The maximum Gasteiger partial charge on any atom is 0.162 e. The van der Waals surface area contributed by atoms with Crippen molar-refractivity contribution in [3.63, 3.8) is 0 Å². The summed E-state index contributed by atoms with van der Waals surface area (Å²) in [5.41, 5.74) is 6.63. The quantitative estimate of drug-likeness (QED) is 0.884. The highest BCUT2D eigenvalue weighted by Crippen LogP contribution is 2.35. The highest BCUT2D eigenvalue weighted by molar-refractivity contribution is 5.32. The van der Waals surface area contributed by atoms with E-state index in [1.807, 2.05) is 19.9 Å². The molecule has 1 aromatic rings. The van der Waals surface area contributed by atoms with Gasteiger partial charge < -0.3 is 10.5 Å². The average Bonchev–Trinajstić information content (AvgIpc) is 2.92. The lowest BCUT2D eigenvalue weighted by molar-refractivity contribution is -0.0391. The topological polar surface area (TPSA) is 61.0 Å². The molecule has 1 atom stereocenters. The van der Waals surface area contributed by atoms with Crippen LogP contribution in [0.5, 0.6) is 0 Å². The Bertz CT molecular complexity index is 429. The van der Waals surface area contributed by atoms with Crippen LogP contribution in [0.3, 0.4) is 0 Å². The second kappa shape index (κ2) is 5.87. The van der Waals surface area contributed by atoms with Gasteiger partial charge in [-0.3, -0.25) is 0 Å². The van der Waals surface area contributed by atoms with Crippen LogP contribution in [0.1, 0.15) is 70.3 Å². The smallest absolute Gasteiger partial charge is 0.162 e. The van der Waals surface area contributed by atoms with Crippen LogP contribution in [-0.2, 0) is 10.3 Å². The summed E-state index contributed by atoms with van der Waals surface area (Å²) in [5.74, 6) is 1.84. The van der Waals surface area contributed by atoms with E-state index in [0.717, 1.165) is 17.9 Å². The molecule has 2 rings (SSSR count). The molecule has 0 saturated heterocycles. The first-order valence-corrected chi connectivity index (χ1v) is 7.38. The zero-order valence-corrected chi connectivity index (χ0v) is 12.3. The fourth-order valence-electron chi connectivity index (χ4n) is 2.80. The van der Waals surface area contributed by atoms with Crippen molar-refractivity contribution in [2.24, 2.45) is 0 Å². The van der Waals surface area contributed by atoms with Crippen molar-refractivity contribution < 1.29 is 4.74 Å². The zero-order chi connectivity index (χ0) is 13.9. The molecule has 0 spiro atoms. The minimum absolute atomic E-state index is 0.433. The highest BCUT2D eigenvalue weighted by atomic mass is 16.5. The number of anilines is 1. The van der Waals surface area contributed by atoms with Crippen LogP contribution in [-0.4, -0.2) is 16.6 Å². The third kappa shape index (κ3) is 3.06. The number of aromatic nitrogens is 2. The molecule has 1 aliphatic rings. The van der Waals surface area contributed by atoms with Crippen molar-refractivity contribution in [1.29, 1.82) is 0 Å². The molecule has 1 aliphatic carbocycles.